The maximum Gasteiger partial charge on any atom is 0.254 e. The Kier molecular flexibility index (Phi) is 5.99. The average Bonchev–Trinajstić information content (AvgIpc) is 3.28. The van der Waals surface area contributed by atoms with Crippen molar-refractivity contribution in [2.45, 2.75) is 13.0 Å². The fourth-order valence-electron chi connectivity index (χ4n) is 4.50. The van der Waals surface area contributed by atoms with Crippen molar-refractivity contribution in [1.82, 2.24) is 14.7 Å². The quantitative estimate of drug-likeness (QED) is 0.515. The summed E-state index contributed by atoms with van der Waals surface area (Å²) in [7, 11) is 0. The Balaban J connectivity index is 1.44. The number of fused-ring (bicyclic) bond motifs is 1. The SMILES string of the molecule is CC1=C(C(=O)N2CCN(c3ccccc3Cl)CC2)C(c2ccc(Cl)c(Cl)c2)n2nccc2N1. The van der Waals surface area contributed by atoms with E-state index in [4.69, 9.17) is 34.8 Å². The van der Waals surface area contributed by atoms with Gasteiger partial charge in [0.15, 0.2) is 0 Å². The molecule has 2 aliphatic rings. The van der Waals surface area contributed by atoms with Crippen LogP contribution in [-0.2, 0) is 4.79 Å². The summed E-state index contributed by atoms with van der Waals surface area (Å²) in [5.41, 5.74) is 3.30. The Hall–Kier alpha value is -2.67. The smallest absolute Gasteiger partial charge is 0.254 e. The molecule has 1 saturated heterocycles. The molecule has 6 nitrogen and oxygen atoms in total. The zero-order chi connectivity index (χ0) is 23.1. The van der Waals surface area contributed by atoms with E-state index in [0.29, 0.717) is 41.8 Å². The summed E-state index contributed by atoms with van der Waals surface area (Å²) in [5.74, 6) is 0.805. The van der Waals surface area contributed by atoms with E-state index in [1.807, 2.05) is 52.9 Å². The van der Waals surface area contributed by atoms with Gasteiger partial charge in [-0.25, -0.2) is 4.68 Å². The Bertz CT molecular complexity index is 1250. The Morgan fingerprint density at radius 1 is 0.970 bits per heavy atom. The summed E-state index contributed by atoms with van der Waals surface area (Å²) in [5, 5.41) is 9.45. The molecule has 0 spiro atoms. The van der Waals surface area contributed by atoms with Gasteiger partial charge in [0.2, 0.25) is 0 Å². The number of aromatic nitrogens is 2. The van der Waals surface area contributed by atoms with Crippen LogP contribution in [0.1, 0.15) is 18.5 Å². The number of para-hydroxylation sites is 1. The predicted octanol–water partition coefficient (Wildman–Crippen LogP) is 5.48. The monoisotopic (exact) mass is 501 g/mol. The fraction of sp³-hybridized carbons (Fsp3) is 0.250. The number of halogens is 3. The van der Waals surface area contributed by atoms with Crippen LogP contribution in [0.4, 0.5) is 11.5 Å². The van der Waals surface area contributed by atoms with E-state index in [9.17, 15) is 4.79 Å². The summed E-state index contributed by atoms with van der Waals surface area (Å²) in [4.78, 5) is 17.9. The van der Waals surface area contributed by atoms with Crippen LogP contribution in [0.25, 0.3) is 0 Å². The molecule has 3 heterocycles. The van der Waals surface area contributed by atoms with Crippen LogP contribution < -0.4 is 10.2 Å². The van der Waals surface area contributed by atoms with E-state index in [-0.39, 0.29) is 5.91 Å². The van der Waals surface area contributed by atoms with Gasteiger partial charge in [-0.1, -0.05) is 53.0 Å². The van der Waals surface area contributed by atoms with Crippen LogP contribution in [0.5, 0.6) is 0 Å². The highest BCUT2D eigenvalue weighted by atomic mass is 35.5. The van der Waals surface area contributed by atoms with Crippen molar-refractivity contribution in [3.05, 3.63) is 86.6 Å². The van der Waals surface area contributed by atoms with Crippen molar-refractivity contribution >= 4 is 52.2 Å². The third-order valence-corrected chi connectivity index (χ3v) is 7.22. The number of benzene rings is 2. The molecule has 1 atom stereocenters. The molecule has 2 aromatic carbocycles. The molecular formula is C24H22Cl3N5O. The van der Waals surface area contributed by atoms with Crippen molar-refractivity contribution in [3.8, 4) is 0 Å². The topological polar surface area (TPSA) is 53.4 Å². The van der Waals surface area contributed by atoms with Gasteiger partial charge in [-0.2, -0.15) is 5.10 Å². The highest BCUT2D eigenvalue weighted by Gasteiger charge is 2.36. The molecule has 5 rings (SSSR count). The van der Waals surface area contributed by atoms with Gasteiger partial charge in [0.1, 0.15) is 11.9 Å². The van der Waals surface area contributed by atoms with Crippen LogP contribution in [0.3, 0.4) is 0 Å². The van der Waals surface area contributed by atoms with Crippen LogP contribution in [0.2, 0.25) is 15.1 Å². The molecule has 1 unspecified atom stereocenters. The van der Waals surface area contributed by atoms with Gasteiger partial charge in [-0.15, -0.1) is 0 Å². The lowest BCUT2D eigenvalue weighted by Gasteiger charge is -2.39. The first kappa shape index (κ1) is 22.1. The number of allylic oxidation sites excluding steroid dienone is 1. The molecule has 2 aliphatic heterocycles. The number of carbonyl (C=O) groups excluding carboxylic acids is 1. The Labute approximate surface area is 207 Å². The van der Waals surface area contributed by atoms with Crippen molar-refractivity contribution in [3.63, 3.8) is 0 Å². The Morgan fingerprint density at radius 2 is 1.73 bits per heavy atom. The zero-order valence-corrected chi connectivity index (χ0v) is 20.2. The van der Waals surface area contributed by atoms with Crippen LogP contribution in [0, 0.1) is 0 Å². The second kappa shape index (κ2) is 8.93. The second-order valence-electron chi connectivity index (χ2n) is 8.13. The molecule has 9 heteroatoms. The normalized spacial score (nSPS) is 18.2. The number of piperazine rings is 1. The van der Waals surface area contributed by atoms with Gasteiger partial charge >= 0.3 is 0 Å². The van der Waals surface area contributed by atoms with Crippen LogP contribution in [-0.4, -0.2) is 46.8 Å². The van der Waals surface area contributed by atoms with Gasteiger partial charge in [-0.05, 0) is 36.8 Å². The third-order valence-electron chi connectivity index (χ3n) is 6.16. The predicted molar refractivity (Wildman–Crippen MR) is 133 cm³/mol. The first-order chi connectivity index (χ1) is 15.9. The zero-order valence-electron chi connectivity index (χ0n) is 17.9. The molecule has 33 heavy (non-hydrogen) atoms. The molecule has 0 saturated carbocycles. The lowest BCUT2D eigenvalue weighted by molar-refractivity contribution is -0.127. The Morgan fingerprint density at radius 3 is 2.45 bits per heavy atom. The molecule has 0 bridgehead atoms. The minimum Gasteiger partial charge on any atom is -0.367 e. The van der Waals surface area contributed by atoms with E-state index in [0.717, 1.165) is 27.8 Å². The van der Waals surface area contributed by atoms with E-state index in [2.05, 4.69) is 15.3 Å². The molecule has 3 aromatic rings. The standard InChI is InChI=1S/C24H22Cl3N5O/c1-15-22(24(33)31-12-10-30(11-13-31)20-5-3-2-4-18(20)26)23(32-21(29-15)8-9-28-32)16-6-7-17(25)19(27)14-16/h2-9,14,23,29H,10-13H2,1H3. The highest BCUT2D eigenvalue weighted by molar-refractivity contribution is 6.42. The number of nitrogens with one attached hydrogen (secondary N) is 1. The molecular weight excluding hydrogens is 481 g/mol. The van der Waals surface area contributed by atoms with Crippen molar-refractivity contribution in [2.24, 2.45) is 0 Å². The number of carbonyl (C=O) groups is 1. The van der Waals surface area contributed by atoms with Gasteiger partial charge < -0.3 is 15.1 Å². The maximum atomic E-state index is 13.8. The van der Waals surface area contributed by atoms with E-state index >= 15 is 0 Å². The van der Waals surface area contributed by atoms with Crippen molar-refractivity contribution in [1.29, 1.82) is 0 Å². The largest absolute Gasteiger partial charge is 0.367 e. The molecule has 1 N–H and O–H groups in total. The van der Waals surface area contributed by atoms with E-state index < -0.39 is 6.04 Å². The molecule has 1 amide bonds. The van der Waals surface area contributed by atoms with E-state index in [1.54, 1.807) is 18.3 Å². The number of amides is 1. The number of hydrogen-bond donors (Lipinski definition) is 1. The fourth-order valence-corrected chi connectivity index (χ4v) is 5.06. The molecule has 1 aromatic heterocycles. The van der Waals surface area contributed by atoms with Gasteiger partial charge in [-0.3, -0.25) is 4.79 Å². The van der Waals surface area contributed by atoms with Gasteiger partial charge in [0.25, 0.3) is 5.91 Å². The second-order valence-corrected chi connectivity index (χ2v) is 9.35. The van der Waals surface area contributed by atoms with Crippen LogP contribution in [0.15, 0.2) is 66.0 Å². The highest BCUT2D eigenvalue weighted by Crippen LogP contribution is 2.38. The lowest BCUT2D eigenvalue weighted by Crippen LogP contribution is -2.50. The van der Waals surface area contributed by atoms with Crippen molar-refractivity contribution in [2.75, 3.05) is 36.4 Å². The van der Waals surface area contributed by atoms with Crippen LogP contribution >= 0.6 is 34.8 Å². The average molecular weight is 503 g/mol. The third kappa shape index (κ3) is 4.07. The summed E-state index contributed by atoms with van der Waals surface area (Å²) in [6.45, 7) is 4.54. The maximum absolute atomic E-state index is 13.8. The van der Waals surface area contributed by atoms with E-state index in [1.165, 1.54) is 0 Å². The van der Waals surface area contributed by atoms with Gasteiger partial charge in [0, 0.05) is 37.9 Å². The summed E-state index contributed by atoms with van der Waals surface area (Å²) in [6, 6.07) is 14.7. The summed E-state index contributed by atoms with van der Waals surface area (Å²) in [6.07, 6.45) is 1.72. The van der Waals surface area contributed by atoms with Gasteiger partial charge in [0.05, 0.1) is 32.5 Å². The first-order valence-corrected chi connectivity index (χ1v) is 11.8. The summed E-state index contributed by atoms with van der Waals surface area (Å²) >= 11 is 18.9. The number of rotatable bonds is 3. The molecule has 0 radical (unpaired) electrons. The lowest BCUT2D eigenvalue weighted by atomic mass is 9.94. The minimum absolute atomic E-state index is 0.0176. The molecule has 0 aliphatic carbocycles. The summed E-state index contributed by atoms with van der Waals surface area (Å²) < 4.78 is 1.82. The molecule has 170 valence electrons. The van der Waals surface area contributed by atoms with Crippen molar-refractivity contribution < 1.29 is 4.79 Å². The minimum atomic E-state index is -0.403. The molecule has 1 fully saturated rings. The number of anilines is 2. The number of nitrogens with zero attached hydrogens (tertiary/aromatic N) is 4. The first-order valence-electron chi connectivity index (χ1n) is 10.7. The number of hydrogen-bond acceptors (Lipinski definition) is 4.